The molecule has 2 rings (SSSR count). The van der Waals surface area contributed by atoms with Gasteiger partial charge in [0, 0.05) is 19.3 Å². The normalized spacial score (nSPS) is 22.4. The fourth-order valence-corrected chi connectivity index (χ4v) is 2.70. The quantitative estimate of drug-likeness (QED) is 0.468. The third-order valence-corrected chi connectivity index (χ3v) is 3.72. The van der Waals surface area contributed by atoms with E-state index >= 15 is 0 Å². The number of carbonyl (C=O) groups excluding carboxylic acids is 2. The van der Waals surface area contributed by atoms with Gasteiger partial charge >= 0.3 is 5.97 Å². The molecule has 3 heteroatoms. The van der Waals surface area contributed by atoms with E-state index in [2.05, 4.69) is 6.08 Å². The number of hydrogen-bond donors (Lipinski definition) is 0. The summed E-state index contributed by atoms with van der Waals surface area (Å²) in [6.07, 6.45) is 6.34. The first-order valence-electron chi connectivity index (χ1n) is 7.07. The van der Waals surface area contributed by atoms with E-state index in [0.717, 1.165) is 6.42 Å². The zero-order valence-electron chi connectivity index (χ0n) is 11.7. The van der Waals surface area contributed by atoms with Crippen molar-refractivity contribution in [3.63, 3.8) is 0 Å². The van der Waals surface area contributed by atoms with Crippen LogP contribution in [0.3, 0.4) is 0 Å². The van der Waals surface area contributed by atoms with Crippen LogP contribution in [-0.2, 0) is 9.59 Å². The van der Waals surface area contributed by atoms with E-state index < -0.39 is 0 Å². The Morgan fingerprint density at radius 3 is 2.65 bits per heavy atom. The Bertz CT molecular complexity index is 490. The number of hydrogen-bond acceptors (Lipinski definition) is 3. The maximum atomic E-state index is 11.9. The fourth-order valence-electron chi connectivity index (χ4n) is 2.70. The number of allylic oxidation sites excluding steroid dienone is 2. The molecule has 1 aliphatic rings. The third kappa shape index (κ3) is 4.05. The Kier molecular flexibility index (Phi) is 5.10. The molecule has 20 heavy (non-hydrogen) atoms. The average molecular weight is 272 g/mol. The first-order chi connectivity index (χ1) is 9.69. The summed E-state index contributed by atoms with van der Waals surface area (Å²) in [6, 6.07) is 9.05. The van der Waals surface area contributed by atoms with Gasteiger partial charge in [0.15, 0.2) is 0 Å². The maximum absolute atomic E-state index is 11.9. The van der Waals surface area contributed by atoms with Crippen LogP contribution in [0.2, 0.25) is 0 Å². The SMILES string of the molecule is CC=CCC1CC(=O)CC1CC(=O)Oc1ccccc1. The Morgan fingerprint density at radius 2 is 1.95 bits per heavy atom. The van der Waals surface area contributed by atoms with Crippen LogP contribution in [0, 0.1) is 11.8 Å². The number of para-hydroxylation sites is 1. The summed E-state index contributed by atoms with van der Waals surface area (Å²) in [5, 5.41) is 0. The summed E-state index contributed by atoms with van der Waals surface area (Å²) in [4.78, 5) is 23.5. The summed E-state index contributed by atoms with van der Waals surface area (Å²) < 4.78 is 5.30. The lowest BCUT2D eigenvalue weighted by Gasteiger charge is -2.16. The van der Waals surface area contributed by atoms with E-state index in [4.69, 9.17) is 4.74 Å². The van der Waals surface area contributed by atoms with Crippen molar-refractivity contribution in [1.29, 1.82) is 0 Å². The molecule has 3 nitrogen and oxygen atoms in total. The third-order valence-electron chi connectivity index (χ3n) is 3.72. The molecule has 1 aromatic carbocycles. The van der Waals surface area contributed by atoms with Gasteiger partial charge in [0.25, 0.3) is 0 Å². The van der Waals surface area contributed by atoms with Crippen LogP contribution in [0.1, 0.15) is 32.6 Å². The van der Waals surface area contributed by atoms with E-state index in [1.54, 1.807) is 12.1 Å². The van der Waals surface area contributed by atoms with Gasteiger partial charge in [-0.3, -0.25) is 9.59 Å². The van der Waals surface area contributed by atoms with E-state index in [9.17, 15) is 9.59 Å². The van der Waals surface area contributed by atoms with Gasteiger partial charge < -0.3 is 4.74 Å². The first-order valence-corrected chi connectivity index (χ1v) is 7.07. The van der Waals surface area contributed by atoms with Gasteiger partial charge in [0.2, 0.25) is 0 Å². The van der Waals surface area contributed by atoms with Crippen molar-refractivity contribution < 1.29 is 14.3 Å². The van der Waals surface area contributed by atoms with Gasteiger partial charge in [-0.05, 0) is 37.3 Å². The molecule has 0 saturated heterocycles. The van der Waals surface area contributed by atoms with Crippen LogP contribution in [0.5, 0.6) is 5.75 Å². The van der Waals surface area contributed by atoms with Crippen LogP contribution in [-0.4, -0.2) is 11.8 Å². The summed E-state index contributed by atoms with van der Waals surface area (Å²) in [5.41, 5.74) is 0. The van der Waals surface area contributed by atoms with E-state index in [1.165, 1.54) is 0 Å². The second kappa shape index (κ2) is 7.04. The number of benzene rings is 1. The highest BCUT2D eigenvalue weighted by Crippen LogP contribution is 2.34. The Morgan fingerprint density at radius 1 is 1.25 bits per heavy atom. The fraction of sp³-hybridized carbons (Fsp3) is 0.412. The predicted octanol–water partition coefficient (Wildman–Crippen LogP) is 3.54. The molecule has 0 heterocycles. The van der Waals surface area contributed by atoms with Crippen molar-refractivity contribution >= 4 is 11.8 Å². The Balaban J connectivity index is 1.90. The molecule has 0 aromatic heterocycles. The number of Topliss-reactive ketones (excluding diaryl/α,β-unsaturated/α-hetero) is 1. The molecule has 1 aromatic rings. The van der Waals surface area contributed by atoms with Gasteiger partial charge in [-0.2, -0.15) is 0 Å². The highest BCUT2D eigenvalue weighted by Gasteiger charge is 2.33. The van der Waals surface area contributed by atoms with Crippen LogP contribution < -0.4 is 4.74 Å². The molecular formula is C17H20O3. The molecule has 1 fully saturated rings. The van der Waals surface area contributed by atoms with Gasteiger partial charge in [0.1, 0.15) is 11.5 Å². The molecular weight excluding hydrogens is 252 g/mol. The number of rotatable bonds is 5. The number of ketones is 1. The van der Waals surface area contributed by atoms with Crippen molar-refractivity contribution in [2.24, 2.45) is 11.8 Å². The van der Waals surface area contributed by atoms with Gasteiger partial charge in [-0.15, -0.1) is 0 Å². The number of esters is 1. The monoisotopic (exact) mass is 272 g/mol. The van der Waals surface area contributed by atoms with E-state index in [1.807, 2.05) is 31.2 Å². The van der Waals surface area contributed by atoms with Gasteiger partial charge in [-0.1, -0.05) is 30.4 Å². The maximum Gasteiger partial charge on any atom is 0.311 e. The topological polar surface area (TPSA) is 43.4 Å². The largest absolute Gasteiger partial charge is 0.427 e. The van der Waals surface area contributed by atoms with Crippen molar-refractivity contribution in [2.45, 2.75) is 32.6 Å². The molecule has 106 valence electrons. The standard InChI is InChI=1S/C17H20O3/c1-2-3-7-13-10-15(18)11-14(13)12-17(19)20-16-8-5-4-6-9-16/h2-6,8-9,13-14H,7,10-12H2,1H3. The molecule has 0 bridgehead atoms. The molecule has 0 amide bonds. The first kappa shape index (κ1) is 14.5. The molecule has 1 aliphatic carbocycles. The lowest BCUT2D eigenvalue weighted by atomic mass is 9.90. The Hall–Kier alpha value is -1.90. The highest BCUT2D eigenvalue weighted by atomic mass is 16.5. The van der Waals surface area contributed by atoms with Crippen LogP contribution in [0.4, 0.5) is 0 Å². The smallest absolute Gasteiger partial charge is 0.311 e. The summed E-state index contributed by atoms with van der Waals surface area (Å²) in [5.74, 6) is 0.974. The minimum absolute atomic E-state index is 0.120. The highest BCUT2D eigenvalue weighted by molar-refractivity contribution is 5.82. The molecule has 2 unspecified atom stereocenters. The zero-order valence-corrected chi connectivity index (χ0v) is 11.7. The molecule has 2 atom stereocenters. The molecule has 1 saturated carbocycles. The number of carbonyl (C=O) groups is 2. The lowest BCUT2D eigenvalue weighted by molar-refractivity contribution is -0.135. The van der Waals surface area contributed by atoms with E-state index in [0.29, 0.717) is 25.0 Å². The molecule has 0 N–H and O–H groups in total. The van der Waals surface area contributed by atoms with Crippen LogP contribution >= 0.6 is 0 Å². The minimum atomic E-state index is -0.249. The lowest BCUT2D eigenvalue weighted by Crippen LogP contribution is -2.17. The van der Waals surface area contributed by atoms with Gasteiger partial charge in [0.05, 0.1) is 0 Å². The average Bonchev–Trinajstić information content (AvgIpc) is 2.77. The van der Waals surface area contributed by atoms with Gasteiger partial charge in [-0.25, -0.2) is 0 Å². The molecule has 0 radical (unpaired) electrons. The van der Waals surface area contributed by atoms with Crippen molar-refractivity contribution in [2.75, 3.05) is 0 Å². The van der Waals surface area contributed by atoms with Crippen molar-refractivity contribution in [3.8, 4) is 5.75 Å². The molecule has 0 aliphatic heterocycles. The summed E-state index contributed by atoms with van der Waals surface area (Å²) in [6.45, 7) is 1.97. The summed E-state index contributed by atoms with van der Waals surface area (Å²) in [7, 11) is 0. The second-order valence-electron chi connectivity index (χ2n) is 5.26. The predicted molar refractivity (Wildman–Crippen MR) is 77.3 cm³/mol. The van der Waals surface area contributed by atoms with E-state index in [-0.39, 0.29) is 23.6 Å². The Labute approximate surface area is 119 Å². The van der Waals surface area contributed by atoms with Crippen molar-refractivity contribution in [1.82, 2.24) is 0 Å². The molecule has 0 spiro atoms. The van der Waals surface area contributed by atoms with Crippen LogP contribution in [0.15, 0.2) is 42.5 Å². The number of ether oxygens (including phenoxy) is 1. The summed E-state index contributed by atoms with van der Waals surface area (Å²) >= 11 is 0. The second-order valence-corrected chi connectivity index (χ2v) is 5.26. The van der Waals surface area contributed by atoms with Crippen LogP contribution in [0.25, 0.3) is 0 Å². The zero-order chi connectivity index (χ0) is 14.4. The van der Waals surface area contributed by atoms with Crippen molar-refractivity contribution in [3.05, 3.63) is 42.5 Å². The minimum Gasteiger partial charge on any atom is -0.427 e.